The van der Waals surface area contributed by atoms with E-state index in [-0.39, 0.29) is 5.91 Å². The molecule has 2 aliphatic heterocycles. The summed E-state index contributed by atoms with van der Waals surface area (Å²) in [6.45, 7) is 5.77. The van der Waals surface area contributed by atoms with Crippen molar-refractivity contribution in [3.8, 4) is 17.0 Å². The topological polar surface area (TPSA) is 73.8 Å². The summed E-state index contributed by atoms with van der Waals surface area (Å²) in [6, 6.07) is 9.89. The monoisotopic (exact) mass is 510 g/mol. The molecule has 36 heavy (non-hydrogen) atoms. The Morgan fingerprint density at radius 3 is 2.78 bits per heavy atom. The second-order valence-corrected chi connectivity index (χ2v) is 9.44. The maximum Gasteiger partial charge on any atom is 0.226 e. The van der Waals surface area contributed by atoms with Gasteiger partial charge in [0, 0.05) is 67.7 Å². The molecular weight excluding hydrogens is 483 g/mol. The molecule has 0 bridgehead atoms. The van der Waals surface area contributed by atoms with Crippen LogP contribution in [0.15, 0.2) is 48.8 Å². The fraction of sp³-hybridized carbons (Fsp3) is 0.346. The number of anilines is 3. The van der Waals surface area contributed by atoms with Gasteiger partial charge in [0.05, 0.1) is 24.1 Å². The van der Waals surface area contributed by atoms with E-state index in [0.717, 1.165) is 44.1 Å². The molecule has 1 saturated heterocycles. The van der Waals surface area contributed by atoms with Crippen LogP contribution in [0.5, 0.6) is 5.75 Å². The molecule has 0 aliphatic carbocycles. The maximum absolute atomic E-state index is 14.5. The number of hydrogen-bond acceptors (Lipinski definition) is 7. The van der Waals surface area contributed by atoms with Gasteiger partial charge in [-0.15, -0.1) is 0 Å². The number of rotatable bonds is 6. The molecule has 0 saturated carbocycles. The molecule has 1 aromatic carbocycles. The summed E-state index contributed by atoms with van der Waals surface area (Å²) < 4.78 is 20.3. The van der Waals surface area contributed by atoms with Gasteiger partial charge in [-0.25, -0.2) is 9.37 Å². The van der Waals surface area contributed by atoms with Crippen molar-refractivity contribution in [2.75, 3.05) is 63.1 Å². The van der Waals surface area contributed by atoms with Crippen LogP contribution in [0.2, 0.25) is 5.02 Å². The predicted molar refractivity (Wildman–Crippen MR) is 139 cm³/mol. The number of carbonyl (C=O) groups is 1. The Hall–Kier alpha value is -3.27. The van der Waals surface area contributed by atoms with Crippen LogP contribution in [0.3, 0.4) is 0 Å². The van der Waals surface area contributed by atoms with Gasteiger partial charge in [-0.2, -0.15) is 0 Å². The van der Waals surface area contributed by atoms with Gasteiger partial charge in [0.25, 0.3) is 0 Å². The van der Waals surface area contributed by atoms with Crippen molar-refractivity contribution in [2.45, 2.75) is 6.42 Å². The van der Waals surface area contributed by atoms with E-state index in [0.29, 0.717) is 47.4 Å². The number of fused-ring (bicyclic) bond motifs is 1. The summed E-state index contributed by atoms with van der Waals surface area (Å²) in [5.41, 5.74) is 2.37. The number of nitrogens with one attached hydrogen (secondary N) is 1. The van der Waals surface area contributed by atoms with Crippen LogP contribution >= 0.6 is 11.6 Å². The Morgan fingerprint density at radius 1 is 1.11 bits per heavy atom. The third-order valence-corrected chi connectivity index (χ3v) is 6.72. The summed E-state index contributed by atoms with van der Waals surface area (Å²) in [5, 5.41) is 3.35. The van der Waals surface area contributed by atoms with Crippen molar-refractivity contribution in [1.82, 2.24) is 19.8 Å². The Kier molecular flexibility index (Phi) is 7.31. The quantitative estimate of drug-likeness (QED) is 0.536. The highest BCUT2D eigenvalue weighted by atomic mass is 35.5. The van der Waals surface area contributed by atoms with Gasteiger partial charge in [0.2, 0.25) is 5.91 Å². The normalized spacial score (nSPS) is 16.4. The molecule has 8 nitrogen and oxygen atoms in total. The SMILES string of the molecule is CN1CCN(CCC(=O)Nc2cc(N3CCOc4cnc(-c5cc(Cl)ccc5F)cc43)ccn2)CC1. The lowest BCUT2D eigenvalue weighted by molar-refractivity contribution is -0.116. The Bertz CT molecular complexity index is 1250. The molecule has 2 aromatic heterocycles. The zero-order valence-corrected chi connectivity index (χ0v) is 20.8. The summed E-state index contributed by atoms with van der Waals surface area (Å²) in [7, 11) is 2.11. The minimum atomic E-state index is -0.402. The van der Waals surface area contributed by atoms with E-state index in [1.54, 1.807) is 24.5 Å². The van der Waals surface area contributed by atoms with Crippen LogP contribution in [0.4, 0.5) is 21.6 Å². The molecule has 3 aromatic rings. The van der Waals surface area contributed by atoms with Crippen LogP contribution in [-0.2, 0) is 4.79 Å². The minimum Gasteiger partial charge on any atom is -0.488 e. The first-order valence-electron chi connectivity index (χ1n) is 12.0. The molecule has 0 spiro atoms. The maximum atomic E-state index is 14.5. The molecule has 1 fully saturated rings. The van der Waals surface area contributed by atoms with Crippen molar-refractivity contribution in [2.24, 2.45) is 0 Å². The lowest BCUT2D eigenvalue weighted by Gasteiger charge is -2.32. The molecule has 1 N–H and O–H groups in total. The number of nitrogens with zero attached hydrogens (tertiary/aromatic N) is 5. The van der Waals surface area contributed by atoms with E-state index >= 15 is 0 Å². The molecule has 0 radical (unpaired) electrons. The van der Waals surface area contributed by atoms with Crippen LogP contribution < -0.4 is 15.0 Å². The number of carbonyl (C=O) groups excluding carboxylic acids is 1. The van der Waals surface area contributed by atoms with E-state index in [2.05, 4.69) is 32.1 Å². The molecule has 10 heteroatoms. The third-order valence-electron chi connectivity index (χ3n) is 6.49. The number of piperazine rings is 1. The van der Waals surface area contributed by atoms with E-state index in [9.17, 15) is 9.18 Å². The van der Waals surface area contributed by atoms with E-state index < -0.39 is 5.82 Å². The van der Waals surface area contributed by atoms with E-state index in [1.165, 1.54) is 12.1 Å². The van der Waals surface area contributed by atoms with Crippen molar-refractivity contribution >= 4 is 34.7 Å². The van der Waals surface area contributed by atoms with Gasteiger partial charge < -0.3 is 24.8 Å². The number of ether oxygens (including phenoxy) is 1. The van der Waals surface area contributed by atoms with Crippen LogP contribution in [0.1, 0.15) is 6.42 Å². The van der Waals surface area contributed by atoms with Crippen LogP contribution in [0, 0.1) is 5.82 Å². The number of aromatic nitrogens is 2. The minimum absolute atomic E-state index is 0.0659. The highest BCUT2D eigenvalue weighted by Crippen LogP contribution is 2.39. The molecule has 5 rings (SSSR count). The zero-order valence-electron chi connectivity index (χ0n) is 20.1. The van der Waals surface area contributed by atoms with Crippen molar-refractivity contribution in [1.29, 1.82) is 0 Å². The Balaban J connectivity index is 1.32. The van der Waals surface area contributed by atoms with Gasteiger partial charge >= 0.3 is 0 Å². The van der Waals surface area contributed by atoms with Gasteiger partial charge in [0.15, 0.2) is 5.75 Å². The second-order valence-electron chi connectivity index (χ2n) is 9.00. The first-order valence-corrected chi connectivity index (χ1v) is 12.4. The number of hydrogen-bond donors (Lipinski definition) is 1. The number of pyridine rings is 2. The van der Waals surface area contributed by atoms with Gasteiger partial charge in [-0.05, 0) is 37.4 Å². The lowest BCUT2D eigenvalue weighted by atomic mass is 10.1. The summed E-state index contributed by atoms with van der Waals surface area (Å²) in [4.78, 5) is 28.0. The first kappa shape index (κ1) is 24.4. The number of amides is 1. The smallest absolute Gasteiger partial charge is 0.226 e. The number of benzene rings is 1. The van der Waals surface area contributed by atoms with Crippen molar-refractivity contribution in [3.05, 3.63) is 59.6 Å². The highest BCUT2D eigenvalue weighted by Gasteiger charge is 2.23. The average molecular weight is 511 g/mol. The fourth-order valence-electron chi connectivity index (χ4n) is 4.42. The predicted octanol–water partition coefficient (Wildman–Crippen LogP) is 4.04. The molecule has 1 amide bonds. The largest absolute Gasteiger partial charge is 0.488 e. The molecule has 0 unspecified atom stereocenters. The van der Waals surface area contributed by atoms with E-state index in [1.807, 2.05) is 17.0 Å². The van der Waals surface area contributed by atoms with E-state index in [4.69, 9.17) is 16.3 Å². The standard InChI is InChI=1S/C26H28ClFN6O2/c1-32-8-10-33(11-9-32)7-5-26(35)31-25-15-19(4-6-29-25)34-12-13-36-24-17-30-22(16-23(24)34)20-14-18(27)2-3-21(20)28/h2-4,6,14-17H,5,7-13H2,1H3,(H,29,31,35). The molecule has 0 atom stereocenters. The highest BCUT2D eigenvalue weighted by molar-refractivity contribution is 6.30. The fourth-order valence-corrected chi connectivity index (χ4v) is 4.60. The molecule has 2 aliphatic rings. The molecular formula is C26H28ClFN6O2. The first-order chi connectivity index (χ1) is 17.5. The third kappa shape index (κ3) is 5.59. The van der Waals surface area contributed by atoms with Crippen molar-refractivity contribution in [3.63, 3.8) is 0 Å². The molecule has 4 heterocycles. The second kappa shape index (κ2) is 10.8. The Morgan fingerprint density at radius 2 is 1.94 bits per heavy atom. The van der Waals surface area contributed by atoms with Gasteiger partial charge in [-0.3, -0.25) is 9.78 Å². The number of halogens is 2. The zero-order chi connectivity index (χ0) is 25.1. The van der Waals surface area contributed by atoms with Gasteiger partial charge in [-0.1, -0.05) is 11.6 Å². The Labute approximate surface area is 214 Å². The van der Waals surface area contributed by atoms with Crippen LogP contribution in [0.25, 0.3) is 11.3 Å². The van der Waals surface area contributed by atoms with Crippen molar-refractivity contribution < 1.29 is 13.9 Å². The summed E-state index contributed by atoms with van der Waals surface area (Å²) in [6.07, 6.45) is 3.68. The van der Waals surface area contributed by atoms with Gasteiger partial charge in [0.1, 0.15) is 18.2 Å². The van der Waals surface area contributed by atoms with Crippen LogP contribution in [-0.4, -0.2) is 78.6 Å². The molecule has 188 valence electrons. The summed E-state index contributed by atoms with van der Waals surface area (Å²) >= 11 is 6.09. The summed E-state index contributed by atoms with van der Waals surface area (Å²) in [5.74, 6) is 0.616. The number of likely N-dealkylation sites (N-methyl/N-ethyl adjacent to an activating group) is 1. The average Bonchev–Trinajstić information content (AvgIpc) is 2.89. The lowest BCUT2D eigenvalue weighted by Crippen LogP contribution is -2.45.